The number of allylic oxidation sites excluding steroid dienone is 1. The number of Topliss-reactive ketones (excluding diaryl/α,β-unsaturated/α-hetero) is 1. The standard InChI is InChI=1S/C22H31NO2/c1-14(24)22(13-23)11-8-19-17-5-4-15-12-16(25)6-9-20(15,2)18(17)7-10-21(19,22)3/h4,16-19,25H,5-12H2,1-3H3/t16-,17?,18?,19?,20-,21-,22-/m0/s1. The molecule has 4 aliphatic rings. The lowest BCUT2D eigenvalue weighted by molar-refractivity contribution is -0.134. The Hall–Kier alpha value is -1.14. The predicted octanol–water partition coefficient (Wildman–Crippen LogP) is 4.41. The molecule has 3 unspecified atom stereocenters. The summed E-state index contributed by atoms with van der Waals surface area (Å²) in [6.45, 7) is 6.28. The minimum Gasteiger partial charge on any atom is -0.393 e. The number of ketones is 1. The molecule has 0 aliphatic heterocycles. The molecule has 0 aromatic rings. The van der Waals surface area contributed by atoms with Crippen molar-refractivity contribution in [2.45, 2.75) is 78.2 Å². The first-order valence-corrected chi connectivity index (χ1v) is 10.1. The Balaban J connectivity index is 1.71. The van der Waals surface area contributed by atoms with Crippen molar-refractivity contribution in [2.75, 3.05) is 0 Å². The molecule has 0 amide bonds. The van der Waals surface area contributed by atoms with Crippen LogP contribution in [0.15, 0.2) is 11.6 Å². The fourth-order valence-electron chi connectivity index (χ4n) is 7.52. The normalized spacial score (nSPS) is 51.6. The third-order valence-corrected chi connectivity index (χ3v) is 9.06. The lowest BCUT2D eigenvalue weighted by Crippen LogP contribution is -2.53. The molecule has 4 aliphatic carbocycles. The van der Waals surface area contributed by atoms with Crippen LogP contribution in [0, 0.1) is 45.3 Å². The predicted molar refractivity (Wildman–Crippen MR) is 96.4 cm³/mol. The number of carbonyl (C=O) groups excluding carboxylic acids is 1. The zero-order chi connectivity index (χ0) is 18.0. The number of nitriles is 1. The van der Waals surface area contributed by atoms with E-state index in [0.29, 0.717) is 17.8 Å². The Labute approximate surface area is 151 Å². The maximum absolute atomic E-state index is 12.5. The van der Waals surface area contributed by atoms with Crippen LogP contribution < -0.4 is 0 Å². The number of aliphatic hydroxyl groups excluding tert-OH is 1. The van der Waals surface area contributed by atoms with Gasteiger partial charge in [-0.1, -0.05) is 25.5 Å². The van der Waals surface area contributed by atoms with Crippen LogP contribution in [0.3, 0.4) is 0 Å². The van der Waals surface area contributed by atoms with E-state index in [-0.39, 0.29) is 22.7 Å². The SMILES string of the molecule is CC(=O)[C@@]1(C#N)CCC2C3CC=C4C[C@@H](O)CC[C@]4(C)C3CC[C@@]21C. The smallest absolute Gasteiger partial charge is 0.150 e. The zero-order valence-corrected chi connectivity index (χ0v) is 15.8. The van der Waals surface area contributed by atoms with Gasteiger partial charge in [0.2, 0.25) is 0 Å². The van der Waals surface area contributed by atoms with Gasteiger partial charge in [0, 0.05) is 0 Å². The molecular weight excluding hydrogens is 310 g/mol. The third kappa shape index (κ3) is 2.04. The molecule has 3 heteroatoms. The van der Waals surface area contributed by atoms with Crippen molar-refractivity contribution < 1.29 is 9.90 Å². The van der Waals surface area contributed by atoms with Gasteiger partial charge in [-0.2, -0.15) is 5.26 Å². The van der Waals surface area contributed by atoms with Gasteiger partial charge in [0.25, 0.3) is 0 Å². The molecule has 0 saturated heterocycles. The molecule has 0 spiro atoms. The summed E-state index contributed by atoms with van der Waals surface area (Å²) in [4.78, 5) is 12.5. The summed E-state index contributed by atoms with van der Waals surface area (Å²) in [6.07, 6.45) is 10.0. The highest BCUT2D eigenvalue weighted by molar-refractivity contribution is 5.86. The summed E-state index contributed by atoms with van der Waals surface area (Å²) in [6, 6.07) is 2.49. The second-order valence-corrected chi connectivity index (χ2v) is 9.72. The highest BCUT2D eigenvalue weighted by atomic mass is 16.3. The van der Waals surface area contributed by atoms with E-state index in [2.05, 4.69) is 26.0 Å². The average molecular weight is 341 g/mol. The summed E-state index contributed by atoms with van der Waals surface area (Å²) in [5.74, 6) is 1.81. The Morgan fingerprint density at radius 1 is 1.20 bits per heavy atom. The van der Waals surface area contributed by atoms with E-state index in [1.54, 1.807) is 6.92 Å². The second kappa shape index (κ2) is 5.43. The van der Waals surface area contributed by atoms with Crippen molar-refractivity contribution in [3.63, 3.8) is 0 Å². The van der Waals surface area contributed by atoms with Crippen LogP contribution in [-0.4, -0.2) is 17.0 Å². The van der Waals surface area contributed by atoms with E-state index < -0.39 is 5.41 Å². The maximum Gasteiger partial charge on any atom is 0.150 e. The number of hydrogen-bond acceptors (Lipinski definition) is 3. The van der Waals surface area contributed by atoms with Gasteiger partial charge in [0.05, 0.1) is 12.2 Å². The van der Waals surface area contributed by atoms with E-state index in [4.69, 9.17) is 0 Å². The van der Waals surface area contributed by atoms with Gasteiger partial charge >= 0.3 is 0 Å². The Morgan fingerprint density at radius 3 is 2.60 bits per heavy atom. The zero-order valence-electron chi connectivity index (χ0n) is 15.8. The first-order chi connectivity index (χ1) is 11.8. The Kier molecular flexibility index (Phi) is 3.75. The Morgan fingerprint density at radius 2 is 1.92 bits per heavy atom. The van der Waals surface area contributed by atoms with E-state index in [1.807, 2.05) is 0 Å². The van der Waals surface area contributed by atoms with Crippen molar-refractivity contribution in [1.82, 2.24) is 0 Å². The summed E-state index contributed by atoms with van der Waals surface area (Å²) in [5, 5.41) is 20.0. The number of carbonyl (C=O) groups is 1. The van der Waals surface area contributed by atoms with Gasteiger partial charge in [-0.3, -0.25) is 4.79 Å². The number of aliphatic hydroxyl groups is 1. The number of hydrogen-bond donors (Lipinski definition) is 1. The van der Waals surface area contributed by atoms with Crippen LogP contribution >= 0.6 is 0 Å². The monoisotopic (exact) mass is 341 g/mol. The largest absolute Gasteiger partial charge is 0.393 e. The van der Waals surface area contributed by atoms with Gasteiger partial charge < -0.3 is 5.11 Å². The van der Waals surface area contributed by atoms with E-state index in [0.717, 1.165) is 51.4 Å². The highest BCUT2D eigenvalue weighted by Gasteiger charge is 2.66. The van der Waals surface area contributed by atoms with E-state index in [1.165, 1.54) is 5.57 Å². The fraction of sp³-hybridized carbons (Fsp3) is 0.818. The van der Waals surface area contributed by atoms with Gasteiger partial charge in [0.15, 0.2) is 5.78 Å². The average Bonchev–Trinajstić information content (AvgIpc) is 2.89. The van der Waals surface area contributed by atoms with Crippen LogP contribution in [0.2, 0.25) is 0 Å². The molecular formula is C22H31NO2. The molecule has 7 atom stereocenters. The molecule has 0 bridgehead atoms. The van der Waals surface area contributed by atoms with Crippen LogP contribution in [0.4, 0.5) is 0 Å². The summed E-state index contributed by atoms with van der Waals surface area (Å²) >= 11 is 0. The summed E-state index contributed by atoms with van der Waals surface area (Å²) in [7, 11) is 0. The van der Waals surface area contributed by atoms with Crippen LogP contribution in [0.25, 0.3) is 0 Å². The molecule has 136 valence electrons. The molecule has 0 aromatic carbocycles. The van der Waals surface area contributed by atoms with Crippen molar-refractivity contribution in [1.29, 1.82) is 5.26 Å². The Bertz CT molecular complexity index is 676. The summed E-state index contributed by atoms with van der Waals surface area (Å²) in [5.41, 5.74) is 0.769. The second-order valence-electron chi connectivity index (χ2n) is 9.72. The van der Waals surface area contributed by atoms with Crippen molar-refractivity contribution >= 4 is 5.78 Å². The molecule has 1 N–H and O–H groups in total. The quantitative estimate of drug-likeness (QED) is 0.719. The topological polar surface area (TPSA) is 61.1 Å². The van der Waals surface area contributed by atoms with Gasteiger partial charge in [-0.25, -0.2) is 0 Å². The number of nitrogens with zero attached hydrogens (tertiary/aromatic N) is 1. The maximum atomic E-state index is 12.5. The molecule has 3 nitrogen and oxygen atoms in total. The molecule has 4 rings (SSSR count). The van der Waals surface area contributed by atoms with Crippen molar-refractivity contribution in [3.8, 4) is 6.07 Å². The first-order valence-electron chi connectivity index (χ1n) is 10.1. The highest BCUT2D eigenvalue weighted by Crippen LogP contribution is 2.69. The first kappa shape index (κ1) is 17.3. The van der Waals surface area contributed by atoms with Crippen LogP contribution in [-0.2, 0) is 4.79 Å². The minimum absolute atomic E-state index is 0.0810. The molecule has 25 heavy (non-hydrogen) atoms. The minimum atomic E-state index is -0.768. The molecule has 3 fully saturated rings. The van der Waals surface area contributed by atoms with E-state index >= 15 is 0 Å². The molecule has 0 aromatic heterocycles. The lowest BCUT2D eigenvalue weighted by atomic mass is 9.45. The molecule has 0 radical (unpaired) electrons. The van der Waals surface area contributed by atoms with Gasteiger partial charge in [-0.15, -0.1) is 0 Å². The number of fused-ring (bicyclic) bond motifs is 5. The molecule has 3 saturated carbocycles. The van der Waals surface area contributed by atoms with Crippen LogP contribution in [0.5, 0.6) is 0 Å². The fourth-order valence-corrected chi connectivity index (χ4v) is 7.52. The molecule has 0 heterocycles. The summed E-state index contributed by atoms with van der Waals surface area (Å²) < 4.78 is 0. The van der Waals surface area contributed by atoms with Crippen LogP contribution in [0.1, 0.15) is 72.1 Å². The number of rotatable bonds is 1. The van der Waals surface area contributed by atoms with Crippen molar-refractivity contribution in [2.24, 2.45) is 34.0 Å². The van der Waals surface area contributed by atoms with Gasteiger partial charge in [0.1, 0.15) is 5.41 Å². The lowest BCUT2D eigenvalue weighted by Gasteiger charge is -2.58. The third-order valence-electron chi connectivity index (χ3n) is 9.06. The van der Waals surface area contributed by atoms with E-state index in [9.17, 15) is 15.2 Å². The van der Waals surface area contributed by atoms with Crippen molar-refractivity contribution in [3.05, 3.63) is 11.6 Å². The van der Waals surface area contributed by atoms with Gasteiger partial charge in [-0.05, 0) is 86.9 Å².